The number of aryl methyl sites for hydroxylation is 1. The first-order valence-electron chi connectivity index (χ1n) is 12.1. The van der Waals surface area contributed by atoms with Crippen LogP contribution in [0.3, 0.4) is 0 Å². The number of hydrogen-bond acceptors (Lipinski definition) is 6. The number of ether oxygens (including phenoxy) is 1. The lowest BCUT2D eigenvalue weighted by Gasteiger charge is -2.31. The van der Waals surface area contributed by atoms with Crippen LogP contribution in [-0.4, -0.2) is 66.3 Å². The summed E-state index contributed by atoms with van der Waals surface area (Å²) in [6.45, 7) is 5.48. The van der Waals surface area contributed by atoms with Gasteiger partial charge in [0.05, 0.1) is 47.2 Å². The van der Waals surface area contributed by atoms with Gasteiger partial charge in [-0.2, -0.15) is 10.4 Å². The minimum atomic E-state index is -0.394. The zero-order valence-corrected chi connectivity index (χ0v) is 22.5. The van der Waals surface area contributed by atoms with Crippen LogP contribution >= 0.6 is 23.2 Å². The van der Waals surface area contributed by atoms with E-state index in [1.807, 2.05) is 43.1 Å². The molecule has 0 aliphatic carbocycles. The number of nitrogens with one attached hydrogen (secondary N) is 2. The summed E-state index contributed by atoms with van der Waals surface area (Å²) in [5.74, 6) is 0.906. The molecular formula is C26H29Cl2N7O2. The Morgan fingerprint density at radius 1 is 1.32 bits per heavy atom. The third kappa shape index (κ3) is 5.82. The third-order valence-electron chi connectivity index (χ3n) is 6.52. The molecule has 2 N–H and O–H groups in total. The molecule has 1 saturated heterocycles. The highest BCUT2D eigenvalue weighted by molar-refractivity contribution is 6.42. The van der Waals surface area contributed by atoms with Crippen molar-refractivity contribution >= 4 is 46.5 Å². The summed E-state index contributed by atoms with van der Waals surface area (Å²) in [6.07, 6.45) is 3.71. The van der Waals surface area contributed by atoms with E-state index in [1.165, 1.54) is 0 Å². The van der Waals surface area contributed by atoms with Crippen molar-refractivity contribution in [2.45, 2.75) is 38.8 Å². The van der Waals surface area contributed by atoms with Crippen molar-refractivity contribution in [1.82, 2.24) is 20.5 Å². The Morgan fingerprint density at radius 3 is 2.78 bits per heavy atom. The van der Waals surface area contributed by atoms with E-state index in [0.29, 0.717) is 40.3 Å². The molecule has 2 aromatic rings. The number of methoxy groups -OCH3 is 1. The van der Waals surface area contributed by atoms with Gasteiger partial charge in [-0.15, -0.1) is 0 Å². The molecule has 37 heavy (non-hydrogen) atoms. The fraction of sp³-hybridized carbons (Fsp3) is 0.385. The van der Waals surface area contributed by atoms with Crippen LogP contribution < -0.4 is 15.4 Å². The number of hydrogen-bond donors (Lipinski definition) is 2. The molecule has 2 aliphatic rings. The molecule has 194 valence electrons. The summed E-state index contributed by atoms with van der Waals surface area (Å²) < 4.78 is 5.34. The summed E-state index contributed by atoms with van der Waals surface area (Å²) in [7, 11) is 1.58. The number of benzene rings is 2. The maximum Gasteiger partial charge on any atom is 0.240 e. The first-order chi connectivity index (χ1) is 17.9. The van der Waals surface area contributed by atoms with Crippen molar-refractivity contribution in [1.29, 1.82) is 5.26 Å². The van der Waals surface area contributed by atoms with Crippen LogP contribution in [0.4, 0.5) is 5.69 Å². The molecule has 2 aliphatic heterocycles. The van der Waals surface area contributed by atoms with Gasteiger partial charge < -0.3 is 15.0 Å². The van der Waals surface area contributed by atoms with Crippen LogP contribution in [0.5, 0.6) is 5.75 Å². The number of nitrogens with zero attached hydrogens (tertiary/aromatic N) is 5. The standard InChI is InChI=1S/C26H29Cl2N7O2/c1-4-34(25(36)21-6-5-11-30-21)23-14-35(33-24(23)17-8-10-19(27)20(28)12-17)26(31-15-29)32-22-13-18(37-3)9-7-16(22)2/h7-10,12-13,21,23,30H,4-6,11,14H2,1-3H3,(H,31,32)/t21-,23?/m1/s1. The zero-order chi connectivity index (χ0) is 26.5. The summed E-state index contributed by atoms with van der Waals surface area (Å²) in [5, 5.41) is 22.7. The van der Waals surface area contributed by atoms with E-state index in [1.54, 1.807) is 30.3 Å². The second-order valence-electron chi connectivity index (χ2n) is 8.81. The summed E-state index contributed by atoms with van der Waals surface area (Å²) in [6, 6.07) is 10.2. The van der Waals surface area contributed by atoms with Crippen LogP contribution in [-0.2, 0) is 4.79 Å². The molecule has 1 fully saturated rings. The number of guanidine groups is 1. The van der Waals surface area contributed by atoms with Crippen molar-refractivity contribution < 1.29 is 9.53 Å². The quantitative estimate of drug-likeness (QED) is 0.247. The van der Waals surface area contributed by atoms with Crippen LogP contribution in [0.15, 0.2) is 46.5 Å². The van der Waals surface area contributed by atoms with Gasteiger partial charge in [-0.3, -0.25) is 10.1 Å². The molecule has 2 heterocycles. The minimum absolute atomic E-state index is 0.0231. The zero-order valence-electron chi connectivity index (χ0n) is 21.0. The topological polar surface area (TPSA) is 105 Å². The number of halogens is 2. The largest absolute Gasteiger partial charge is 0.497 e. The van der Waals surface area contributed by atoms with Gasteiger partial charge in [-0.1, -0.05) is 35.3 Å². The Kier molecular flexibility index (Phi) is 8.54. The second kappa shape index (κ2) is 11.8. The molecule has 9 nitrogen and oxygen atoms in total. The first-order valence-corrected chi connectivity index (χ1v) is 12.9. The van der Waals surface area contributed by atoms with E-state index in [9.17, 15) is 10.1 Å². The molecular weight excluding hydrogens is 513 g/mol. The Hall–Kier alpha value is -3.32. The highest BCUT2D eigenvalue weighted by Crippen LogP contribution is 2.29. The van der Waals surface area contributed by atoms with Crippen LogP contribution in [0.2, 0.25) is 10.0 Å². The summed E-state index contributed by atoms with van der Waals surface area (Å²) in [4.78, 5) is 20.0. The Balaban J connectivity index is 1.76. The smallest absolute Gasteiger partial charge is 0.240 e. The molecule has 2 atom stereocenters. The van der Waals surface area contributed by atoms with Gasteiger partial charge in [0.25, 0.3) is 0 Å². The van der Waals surface area contributed by atoms with E-state index in [-0.39, 0.29) is 17.9 Å². The highest BCUT2D eigenvalue weighted by Gasteiger charge is 2.39. The molecule has 0 bridgehead atoms. The maximum absolute atomic E-state index is 13.5. The van der Waals surface area contributed by atoms with Crippen molar-refractivity contribution in [3.8, 4) is 11.9 Å². The molecule has 0 aromatic heterocycles. The normalized spacial score (nSPS) is 19.4. The predicted octanol–water partition coefficient (Wildman–Crippen LogP) is 4.06. The fourth-order valence-electron chi connectivity index (χ4n) is 4.55. The summed E-state index contributed by atoms with van der Waals surface area (Å²) in [5.41, 5.74) is 2.91. The SMILES string of the molecule is CCN(C(=O)[C@H]1CCCN1)C1CN(C(=Nc2cc(OC)ccc2C)NC#N)N=C1c1ccc(Cl)c(Cl)c1. The highest BCUT2D eigenvalue weighted by atomic mass is 35.5. The van der Waals surface area contributed by atoms with Crippen LogP contribution in [0.25, 0.3) is 0 Å². The number of carbonyl (C=O) groups is 1. The molecule has 0 spiro atoms. The van der Waals surface area contributed by atoms with E-state index >= 15 is 0 Å². The van der Waals surface area contributed by atoms with E-state index in [4.69, 9.17) is 38.0 Å². The first kappa shape index (κ1) is 26.7. The van der Waals surface area contributed by atoms with Crippen LogP contribution in [0.1, 0.15) is 30.9 Å². The van der Waals surface area contributed by atoms with Gasteiger partial charge >= 0.3 is 0 Å². The van der Waals surface area contributed by atoms with E-state index < -0.39 is 6.04 Å². The maximum atomic E-state index is 13.5. The number of amides is 1. The Bertz CT molecular complexity index is 1270. The molecule has 1 unspecified atom stereocenters. The van der Waals surface area contributed by atoms with Crippen molar-refractivity contribution in [2.75, 3.05) is 26.7 Å². The van der Waals surface area contributed by atoms with Gasteiger partial charge in [0.2, 0.25) is 11.9 Å². The number of likely N-dealkylation sites (N-methyl/N-ethyl adjacent to an activating group) is 1. The third-order valence-corrected chi connectivity index (χ3v) is 7.26. The lowest BCUT2D eigenvalue weighted by Crippen LogP contribution is -2.53. The van der Waals surface area contributed by atoms with Gasteiger partial charge in [0, 0.05) is 18.2 Å². The van der Waals surface area contributed by atoms with Crippen molar-refractivity contribution in [3.63, 3.8) is 0 Å². The Labute approximate surface area is 226 Å². The van der Waals surface area contributed by atoms with Crippen LogP contribution in [0, 0.1) is 18.4 Å². The molecule has 11 heteroatoms. The van der Waals surface area contributed by atoms with Crippen molar-refractivity contribution in [3.05, 3.63) is 57.6 Å². The van der Waals surface area contributed by atoms with Crippen molar-refractivity contribution in [2.24, 2.45) is 10.1 Å². The lowest BCUT2D eigenvalue weighted by molar-refractivity contribution is -0.133. The predicted molar refractivity (Wildman–Crippen MR) is 145 cm³/mol. The number of rotatable bonds is 6. The Morgan fingerprint density at radius 2 is 2.14 bits per heavy atom. The molecule has 2 aromatic carbocycles. The molecule has 4 rings (SSSR count). The lowest BCUT2D eigenvalue weighted by atomic mass is 10.0. The van der Waals surface area contributed by atoms with Gasteiger partial charge in [-0.25, -0.2) is 10.0 Å². The van der Waals surface area contributed by atoms with E-state index in [0.717, 1.165) is 30.5 Å². The van der Waals surface area contributed by atoms with Gasteiger partial charge in [0.1, 0.15) is 5.75 Å². The number of carbonyl (C=O) groups excluding carboxylic acids is 1. The van der Waals surface area contributed by atoms with E-state index in [2.05, 4.69) is 10.6 Å². The monoisotopic (exact) mass is 541 g/mol. The number of aliphatic imine (C=N–C) groups is 1. The summed E-state index contributed by atoms with van der Waals surface area (Å²) >= 11 is 12.5. The average molecular weight is 542 g/mol. The molecule has 0 radical (unpaired) electrons. The molecule has 0 saturated carbocycles. The van der Waals surface area contributed by atoms with Gasteiger partial charge in [-0.05, 0) is 57.0 Å². The number of nitriles is 1. The fourth-order valence-corrected chi connectivity index (χ4v) is 4.85. The van der Waals surface area contributed by atoms with Gasteiger partial charge in [0.15, 0.2) is 6.19 Å². The second-order valence-corrected chi connectivity index (χ2v) is 9.62. The average Bonchev–Trinajstić information content (AvgIpc) is 3.58. The molecule has 1 amide bonds. The minimum Gasteiger partial charge on any atom is -0.497 e. The number of hydrazone groups is 1.